The summed E-state index contributed by atoms with van der Waals surface area (Å²) in [6.07, 6.45) is 6.89. The molecule has 2 aromatic rings. The number of halogens is 1. The Kier molecular flexibility index (Phi) is 6.91. The van der Waals surface area contributed by atoms with Crippen LogP contribution in [0.5, 0.6) is 0 Å². The Balaban J connectivity index is 1.63. The lowest BCUT2D eigenvalue weighted by Crippen LogP contribution is -2.37. The van der Waals surface area contributed by atoms with Crippen LogP contribution in [0.15, 0.2) is 47.6 Å². The van der Waals surface area contributed by atoms with Crippen LogP contribution in [-0.2, 0) is 21.3 Å². The van der Waals surface area contributed by atoms with Crippen molar-refractivity contribution in [2.24, 2.45) is 0 Å². The minimum atomic E-state index is -3.65. The molecule has 2 aliphatic heterocycles. The van der Waals surface area contributed by atoms with Crippen LogP contribution in [0.25, 0.3) is 0 Å². The average molecular weight is 464 g/mol. The highest BCUT2D eigenvalue weighted by atomic mass is 35.5. The molecule has 2 aliphatic rings. The van der Waals surface area contributed by atoms with Crippen LogP contribution >= 0.6 is 11.6 Å². The average Bonchev–Trinajstić information content (AvgIpc) is 3.48. The molecule has 0 saturated carbocycles. The first-order chi connectivity index (χ1) is 14.9. The van der Waals surface area contributed by atoms with Crippen molar-refractivity contribution in [3.8, 4) is 0 Å². The van der Waals surface area contributed by atoms with E-state index in [1.807, 2.05) is 12.1 Å². The molecule has 7 nitrogen and oxygen atoms in total. The van der Waals surface area contributed by atoms with Gasteiger partial charge in [0.05, 0.1) is 21.6 Å². The maximum atomic E-state index is 13.5. The normalized spacial score (nSPS) is 19.6. The summed E-state index contributed by atoms with van der Waals surface area (Å²) in [5, 5.41) is 0.230. The first-order valence-corrected chi connectivity index (χ1v) is 12.4. The van der Waals surface area contributed by atoms with Crippen molar-refractivity contribution in [2.45, 2.75) is 43.2 Å². The molecule has 3 heterocycles. The van der Waals surface area contributed by atoms with Crippen molar-refractivity contribution in [3.05, 3.63) is 58.9 Å². The number of sulfonamides is 1. The molecule has 9 heteroatoms. The van der Waals surface area contributed by atoms with Gasteiger partial charge in [-0.3, -0.25) is 9.78 Å². The molecular formula is C22H26ClN3O4S. The topological polar surface area (TPSA) is 79.8 Å². The highest BCUT2D eigenvalue weighted by Crippen LogP contribution is 2.27. The molecule has 1 unspecified atom stereocenters. The predicted octanol–water partition coefficient (Wildman–Crippen LogP) is 3.34. The molecule has 0 spiro atoms. The van der Waals surface area contributed by atoms with Crippen molar-refractivity contribution in [3.63, 3.8) is 0 Å². The summed E-state index contributed by atoms with van der Waals surface area (Å²) in [5.41, 5.74) is 1.06. The number of hydrogen-bond acceptors (Lipinski definition) is 5. The predicted molar refractivity (Wildman–Crippen MR) is 117 cm³/mol. The smallest absolute Gasteiger partial charge is 0.255 e. The molecule has 2 fully saturated rings. The monoisotopic (exact) mass is 463 g/mol. The van der Waals surface area contributed by atoms with Gasteiger partial charge in [0.25, 0.3) is 5.91 Å². The van der Waals surface area contributed by atoms with E-state index in [4.69, 9.17) is 16.3 Å². The molecular weight excluding hydrogens is 438 g/mol. The van der Waals surface area contributed by atoms with Gasteiger partial charge in [-0.2, -0.15) is 4.31 Å². The second-order valence-corrected chi connectivity index (χ2v) is 10.3. The van der Waals surface area contributed by atoms with Crippen LogP contribution < -0.4 is 0 Å². The van der Waals surface area contributed by atoms with Gasteiger partial charge in [0.1, 0.15) is 0 Å². The molecule has 0 bridgehead atoms. The fraction of sp³-hybridized carbons (Fsp3) is 0.455. The van der Waals surface area contributed by atoms with Crippen molar-refractivity contribution in [1.29, 1.82) is 0 Å². The Morgan fingerprint density at radius 2 is 2.03 bits per heavy atom. The molecule has 1 amide bonds. The maximum absolute atomic E-state index is 13.5. The summed E-state index contributed by atoms with van der Waals surface area (Å²) in [5.74, 6) is -0.317. The second-order valence-electron chi connectivity index (χ2n) is 7.93. The van der Waals surface area contributed by atoms with Crippen LogP contribution in [0, 0.1) is 0 Å². The summed E-state index contributed by atoms with van der Waals surface area (Å²) < 4.78 is 33.2. The Morgan fingerprint density at radius 1 is 1.23 bits per heavy atom. The molecule has 2 saturated heterocycles. The fourth-order valence-electron chi connectivity index (χ4n) is 4.04. The number of carbonyl (C=O) groups excluding carboxylic acids is 1. The van der Waals surface area contributed by atoms with Crippen LogP contribution in [0.1, 0.15) is 41.6 Å². The number of amides is 1. The van der Waals surface area contributed by atoms with Crippen LogP contribution in [0.4, 0.5) is 0 Å². The van der Waals surface area contributed by atoms with Crippen molar-refractivity contribution < 1.29 is 17.9 Å². The zero-order valence-corrected chi connectivity index (χ0v) is 18.8. The zero-order chi connectivity index (χ0) is 21.8. The van der Waals surface area contributed by atoms with Crippen LogP contribution in [0.2, 0.25) is 5.02 Å². The van der Waals surface area contributed by atoms with E-state index in [0.29, 0.717) is 32.8 Å². The van der Waals surface area contributed by atoms with E-state index in [9.17, 15) is 13.2 Å². The molecule has 0 N–H and O–H groups in total. The minimum Gasteiger partial charge on any atom is -0.376 e. The summed E-state index contributed by atoms with van der Waals surface area (Å²) >= 11 is 6.37. The summed E-state index contributed by atoms with van der Waals surface area (Å²) in [7, 11) is -3.65. The third kappa shape index (κ3) is 5.09. The molecule has 1 aromatic heterocycles. The Labute approximate surface area is 188 Å². The lowest BCUT2D eigenvalue weighted by Gasteiger charge is -2.26. The quantitative estimate of drug-likeness (QED) is 0.629. The SMILES string of the molecule is O=C(c1cc(S(=O)(=O)N2CCCC2)ccc1Cl)N(Cc1cccnc1)CC1CCCO1. The molecule has 31 heavy (non-hydrogen) atoms. The number of carbonyl (C=O) groups is 1. The van der Waals surface area contributed by atoms with E-state index >= 15 is 0 Å². The molecule has 1 aromatic carbocycles. The van der Waals surface area contributed by atoms with Gasteiger partial charge in [-0.15, -0.1) is 0 Å². The number of benzene rings is 1. The van der Waals surface area contributed by atoms with E-state index in [1.54, 1.807) is 17.3 Å². The van der Waals surface area contributed by atoms with Gasteiger partial charge in [-0.25, -0.2) is 8.42 Å². The number of rotatable bonds is 7. The minimum absolute atomic E-state index is 0.0455. The number of nitrogens with zero attached hydrogens (tertiary/aromatic N) is 3. The van der Waals surface area contributed by atoms with Crippen molar-refractivity contribution >= 4 is 27.5 Å². The second kappa shape index (κ2) is 9.65. The van der Waals surface area contributed by atoms with Crippen LogP contribution in [0.3, 0.4) is 0 Å². The summed E-state index contributed by atoms with van der Waals surface area (Å²) in [6, 6.07) is 8.09. The lowest BCUT2D eigenvalue weighted by atomic mass is 10.1. The van der Waals surface area contributed by atoms with E-state index in [-0.39, 0.29) is 27.5 Å². The van der Waals surface area contributed by atoms with Gasteiger partial charge in [0, 0.05) is 45.2 Å². The van der Waals surface area contributed by atoms with Crippen molar-refractivity contribution in [2.75, 3.05) is 26.2 Å². The van der Waals surface area contributed by atoms with Gasteiger partial charge in [-0.05, 0) is 55.5 Å². The Bertz CT molecular complexity index is 1020. The summed E-state index contributed by atoms with van der Waals surface area (Å²) in [4.78, 5) is 19.4. The van der Waals surface area contributed by atoms with Gasteiger partial charge in [-0.1, -0.05) is 17.7 Å². The molecule has 4 rings (SSSR count). The number of hydrogen-bond donors (Lipinski definition) is 0. The number of aromatic nitrogens is 1. The Hall–Kier alpha value is -2.00. The highest BCUT2D eigenvalue weighted by Gasteiger charge is 2.30. The van der Waals surface area contributed by atoms with Gasteiger partial charge in [0.15, 0.2) is 0 Å². The van der Waals surface area contributed by atoms with E-state index in [1.165, 1.54) is 22.5 Å². The number of ether oxygens (including phenoxy) is 1. The molecule has 0 aliphatic carbocycles. The van der Waals surface area contributed by atoms with Gasteiger partial charge < -0.3 is 9.64 Å². The standard InChI is InChI=1S/C22H26ClN3O4S/c23-21-8-7-19(31(28,29)26-10-1-2-11-26)13-20(21)22(27)25(16-18-6-4-12-30-18)15-17-5-3-9-24-14-17/h3,5,7-9,13-14,18H,1-2,4,6,10-12,15-16H2. The third-order valence-electron chi connectivity index (χ3n) is 5.70. The first kappa shape index (κ1) is 22.2. The third-order valence-corrected chi connectivity index (χ3v) is 7.93. The van der Waals surface area contributed by atoms with E-state index in [0.717, 1.165) is 31.2 Å². The Morgan fingerprint density at radius 3 is 2.71 bits per heavy atom. The highest BCUT2D eigenvalue weighted by molar-refractivity contribution is 7.89. The number of pyridine rings is 1. The zero-order valence-electron chi connectivity index (χ0n) is 17.2. The van der Waals surface area contributed by atoms with Gasteiger partial charge >= 0.3 is 0 Å². The first-order valence-electron chi connectivity index (χ1n) is 10.5. The van der Waals surface area contributed by atoms with Gasteiger partial charge in [0.2, 0.25) is 10.0 Å². The lowest BCUT2D eigenvalue weighted by molar-refractivity contribution is 0.0507. The largest absolute Gasteiger partial charge is 0.376 e. The molecule has 166 valence electrons. The van der Waals surface area contributed by atoms with E-state index < -0.39 is 10.0 Å². The maximum Gasteiger partial charge on any atom is 0.255 e. The van der Waals surface area contributed by atoms with Crippen molar-refractivity contribution in [1.82, 2.24) is 14.2 Å². The molecule has 1 atom stereocenters. The molecule has 0 radical (unpaired) electrons. The van der Waals surface area contributed by atoms with Crippen LogP contribution in [-0.4, -0.2) is 60.9 Å². The summed E-state index contributed by atoms with van der Waals surface area (Å²) in [6.45, 7) is 2.43. The fourth-order valence-corrected chi connectivity index (χ4v) is 5.78. The van der Waals surface area contributed by atoms with E-state index in [2.05, 4.69) is 4.98 Å².